The van der Waals surface area contributed by atoms with Crippen molar-refractivity contribution >= 4 is 24.4 Å². The van der Waals surface area contributed by atoms with Gasteiger partial charge in [-0.15, -0.1) is 0 Å². The van der Waals surface area contributed by atoms with Crippen LogP contribution in [0.5, 0.6) is 0 Å². The fourth-order valence-electron chi connectivity index (χ4n) is 3.16. The fraction of sp³-hybridized carbons (Fsp3) is 0.364. The van der Waals surface area contributed by atoms with E-state index in [2.05, 4.69) is 5.32 Å². The maximum atomic E-state index is 13.8. The van der Waals surface area contributed by atoms with E-state index < -0.39 is 47.8 Å². The van der Waals surface area contributed by atoms with Gasteiger partial charge in [0.15, 0.2) is 0 Å². The lowest BCUT2D eigenvalue weighted by Crippen LogP contribution is -2.46. The van der Waals surface area contributed by atoms with E-state index in [-0.39, 0.29) is 12.0 Å². The molecule has 1 heterocycles. The molecule has 2 aromatic rings. The molecule has 0 saturated carbocycles. The highest BCUT2D eigenvalue weighted by molar-refractivity contribution is 6.62. The summed E-state index contributed by atoms with van der Waals surface area (Å²) in [5.74, 6) is -3.45. The predicted octanol–water partition coefficient (Wildman–Crippen LogP) is 2.09. The van der Waals surface area contributed by atoms with Gasteiger partial charge in [-0.25, -0.2) is 8.78 Å². The lowest BCUT2D eigenvalue weighted by Gasteiger charge is -2.32. The van der Waals surface area contributed by atoms with Crippen LogP contribution in [-0.4, -0.2) is 36.2 Å². The van der Waals surface area contributed by atoms with Gasteiger partial charge in [0.2, 0.25) is 5.91 Å². The van der Waals surface area contributed by atoms with Gasteiger partial charge in [0, 0.05) is 12.5 Å². The Bertz CT molecular complexity index is 980. The Balaban J connectivity index is 1.69. The topological polar surface area (TPSA) is 90.6 Å². The van der Waals surface area contributed by atoms with E-state index in [1.165, 1.54) is 0 Å². The molecule has 3 rings (SSSR count). The second-order valence-electron chi connectivity index (χ2n) is 8.59. The summed E-state index contributed by atoms with van der Waals surface area (Å²) in [6, 6.07) is 8.70. The van der Waals surface area contributed by atoms with Crippen molar-refractivity contribution in [2.24, 2.45) is 5.73 Å². The van der Waals surface area contributed by atoms with Gasteiger partial charge in [-0.2, -0.15) is 0 Å². The van der Waals surface area contributed by atoms with E-state index in [4.69, 9.17) is 15.0 Å². The summed E-state index contributed by atoms with van der Waals surface area (Å²) in [5, 5.41) is 2.41. The number of carbonyl (C=O) groups is 2. The van der Waals surface area contributed by atoms with Crippen LogP contribution in [0.1, 0.15) is 43.6 Å². The molecule has 6 nitrogen and oxygen atoms in total. The molecule has 2 aromatic carbocycles. The average molecular weight is 430 g/mol. The highest BCUT2D eigenvalue weighted by atomic mass is 19.1. The van der Waals surface area contributed by atoms with Crippen molar-refractivity contribution in [2.45, 2.75) is 51.4 Å². The van der Waals surface area contributed by atoms with E-state index in [9.17, 15) is 18.4 Å². The Kier molecular flexibility index (Phi) is 6.20. The summed E-state index contributed by atoms with van der Waals surface area (Å²) >= 11 is 0. The van der Waals surface area contributed by atoms with Gasteiger partial charge >= 0.3 is 7.12 Å². The van der Waals surface area contributed by atoms with Gasteiger partial charge in [-0.3, -0.25) is 9.59 Å². The molecule has 1 aliphatic heterocycles. The van der Waals surface area contributed by atoms with Crippen LogP contribution in [0.2, 0.25) is 0 Å². The fourth-order valence-corrected chi connectivity index (χ4v) is 3.16. The molecule has 0 unspecified atom stereocenters. The van der Waals surface area contributed by atoms with Crippen LogP contribution < -0.4 is 16.5 Å². The number of nitrogens with one attached hydrogen (secondary N) is 1. The molecule has 0 aromatic heterocycles. The van der Waals surface area contributed by atoms with Crippen molar-refractivity contribution in [3.8, 4) is 0 Å². The lowest BCUT2D eigenvalue weighted by atomic mass is 9.78. The average Bonchev–Trinajstić information content (AvgIpc) is 2.89. The number of nitrogens with two attached hydrogens (primary N) is 1. The van der Waals surface area contributed by atoms with Crippen LogP contribution in [0.25, 0.3) is 0 Å². The van der Waals surface area contributed by atoms with Crippen molar-refractivity contribution in [3.05, 3.63) is 65.2 Å². The van der Waals surface area contributed by atoms with Gasteiger partial charge < -0.3 is 20.4 Å². The smallest absolute Gasteiger partial charge is 0.399 e. The summed E-state index contributed by atoms with van der Waals surface area (Å²) in [6.45, 7) is 7.86. The van der Waals surface area contributed by atoms with E-state index in [0.29, 0.717) is 6.07 Å². The first-order chi connectivity index (χ1) is 14.4. The van der Waals surface area contributed by atoms with Crippen LogP contribution in [0, 0.1) is 11.6 Å². The maximum Gasteiger partial charge on any atom is 0.494 e. The van der Waals surface area contributed by atoms with Crippen LogP contribution in [0.3, 0.4) is 0 Å². The van der Waals surface area contributed by atoms with Crippen molar-refractivity contribution in [1.82, 2.24) is 5.32 Å². The molecule has 164 valence electrons. The number of rotatable bonds is 6. The number of hydrogen-bond donors (Lipinski definition) is 2. The van der Waals surface area contributed by atoms with E-state index >= 15 is 0 Å². The maximum absolute atomic E-state index is 13.8. The standard InChI is InChI=1S/C22H25BF2N2O4/c1-21(2)22(3,4)31-23(30-21)14-7-5-13(6-8-14)11-18(19(26)28)27-20(29)16-10-9-15(24)12-17(16)25/h5-10,12,18H,11H2,1-4H3,(H2,26,28)(H,27,29)/t18-/m1/s1. The SMILES string of the molecule is CC1(C)OB(c2ccc(C[C@@H](NC(=O)c3ccc(F)cc3F)C(N)=O)cc2)OC1(C)C. The highest BCUT2D eigenvalue weighted by Crippen LogP contribution is 2.36. The molecule has 0 spiro atoms. The molecule has 31 heavy (non-hydrogen) atoms. The largest absolute Gasteiger partial charge is 0.494 e. The van der Waals surface area contributed by atoms with Crippen molar-refractivity contribution in [2.75, 3.05) is 0 Å². The first kappa shape index (κ1) is 22.9. The molecule has 9 heteroatoms. The van der Waals surface area contributed by atoms with Crippen molar-refractivity contribution < 1.29 is 27.7 Å². The molecule has 0 radical (unpaired) electrons. The summed E-state index contributed by atoms with van der Waals surface area (Å²) < 4.78 is 38.9. The number of benzene rings is 2. The molecular weight excluding hydrogens is 405 g/mol. The van der Waals surface area contributed by atoms with E-state index in [0.717, 1.165) is 23.2 Å². The highest BCUT2D eigenvalue weighted by Gasteiger charge is 2.51. The van der Waals surface area contributed by atoms with Crippen LogP contribution in [-0.2, 0) is 20.5 Å². The molecule has 3 N–H and O–H groups in total. The summed E-state index contributed by atoms with van der Waals surface area (Å²) in [7, 11) is -0.521. The molecular formula is C22H25BF2N2O4. The zero-order valence-corrected chi connectivity index (χ0v) is 17.9. The monoisotopic (exact) mass is 430 g/mol. The first-order valence-electron chi connectivity index (χ1n) is 9.89. The molecule has 1 atom stereocenters. The van der Waals surface area contributed by atoms with Crippen molar-refractivity contribution in [1.29, 1.82) is 0 Å². The van der Waals surface area contributed by atoms with Crippen LogP contribution in [0.4, 0.5) is 8.78 Å². The van der Waals surface area contributed by atoms with Gasteiger partial charge in [0.1, 0.15) is 17.7 Å². The Morgan fingerprint density at radius 1 is 1.03 bits per heavy atom. The third-order valence-corrected chi connectivity index (χ3v) is 5.77. The first-order valence-corrected chi connectivity index (χ1v) is 9.89. The summed E-state index contributed by atoms with van der Waals surface area (Å²) in [4.78, 5) is 24.2. The molecule has 2 amide bonds. The van der Waals surface area contributed by atoms with Crippen LogP contribution >= 0.6 is 0 Å². The molecule has 1 fully saturated rings. The molecule has 0 bridgehead atoms. The van der Waals surface area contributed by atoms with Crippen LogP contribution in [0.15, 0.2) is 42.5 Å². The quantitative estimate of drug-likeness (QED) is 0.687. The number of halogens is 2. The summed E-state index contributed by atoms with van der Waals surface area (Å²) in [6.07, 6.45) is 0.105. The van der Waals surface area contributed by atoms with Gasteiger partial charge in [0.25, 0.3) is 5.91 Å². The molecule has 0 aliphatic carbocycles. The number of hydrogen-bond acceptors (Lipinski definition) is 4. The second kappa shape index (κ2) is 8.40. The minimum Gasteiger partial charge on any atom is -0.399 e. The minimum absolute atomic E-state index is 0.105. The number of amides is 2. The molecule has 1 saturated heterocycles. The van der Waals surface area contributed by atoms with Gasteiger partial charge in [-0.1, -0.05) is 24.3 Å². The number of primary amides is 1. The Morgan fingerprint density at radius 2 is 1.61 bits per heavy atom. The summed E-state index contributed by atoms with van der Waals surface area (Å²) in [5.41, 5.74) is 5.65. The zero-order valence-electron chi connectivity index (χ0n) is 17.9. The third kappa shape index (κ3) is 4.94. The van der Waals surface area contributed by atoms with E-state index in [1.54, 1.807) is 12.1 Å². The lowest BCUT2D eigenvalue weighted by molar-refractivity contribution is -0.119. The molecule has 1 aliphatic rings. The third-order valence-electron chi connectivity index (χ3n) is 5.77. The Hall–Kier alpha value is -2.78. The van der Waals surface area contributed by atoms with Crippen molar-refractivity contribution in [3.63, 3.8) is 0 Å². The minimum atomic E-state index is -1.07. The van der Waals surface area contributed by atoms with Gasteiger partial charge in [-0.05, 0) is 50.9 Å². The zero-order chi connectivity index (χ0) is 23.0. The van der Waals surface area contributed by atoms with E-state index in [1.807, 2.05) is 39.8 Å². The Labute approximate surface area is 180 Å². The normalized spacial score (nSPS) is 17.9. The Morgan fingerprint density at radius 3 is 2.13 bits per heavy atom. The second-order valence-corrected chi connectivity index (χ2v) is 8.59. The number of carbonyl (C=O) groups excluding carboxylic acids is 2. The predicted molar refractivity (Wildman–Crippen MR) is 113 cm³/mol. The van der Waals surface area contributed by atoms with Gasteiger partial charge in [0.05, 0.1) is 16.8 Å².